The molecule has 2 heterocycles. The molecule has 5 rings (SSSR count). The molecule has 3 aliphatic rings. The summed E-state index contributed by atoms with van der Waals surface area (Å²) >= 11 is 6.21. The summed E-state index contributed by atoms with van der Waals surface area (Å²) < 4.78 is 5.56. The number of anilines is 2. The Morgan fingerprint density at radius 2 is 1.76 bits per heavy atom. The molecule has 3 amide bonds. The summed E-state index contributed by atoms with van der Waals surface area (Å²) in [6, 6.07) is 13.4. The Balaban J connectivity index is 1.30. The quantitative estimate of drug-likeness (QED) is 0.285. The number of halogens is 1. The summed E-state index contributed by atoms with van der Waals surface area (Å²) in [5.41, 5.74) is 2.06. The Hall–Kier alpha value is -3.45. The summed E-state index contributed by atoms with van der Waals surface area (Å²) in [5.74, 6) is -2.32. The molecule has 2 aromatic carbocycles. The standard InChI is InChI=1S/C26H23ClN2O5/c1-15-9-10-19-20(11-15)25(32)29(24(19)31)17-5-4-6-18(13-17)34-26(33)16-12-23(30)28(14-16)22-8-3-2-7-21(22)27/h2-9,13,16,19-20H,10-12,14H2,1H3/t16-,19+,20+/m1/s1. The van der Waals surface area contributed by atoms with E-state index < -0.39 is 11.9 Å². The number of rotatable bonds is 4. The highest BCUT2D eigenvalue weighted by Gasteiger charge is 2.48. The number of benzene rings is 2. The summed E-state index contributed by atoms with van der Waals surface area (Å²) in [6.45, 7) is 2.14. The molecule has 34 heavy (non-hydrogen) atoms. The molecule has 7 nitrogen and oxygen atoms in total. The van der Waals surface area contributed by atoms with Gasteiger partial charge in [0.25, 0.3) is 0 Å². The van der Waals surface area contributed by atoms with Crippen LogP contribution in [0.3, 0.4) is 0 Å². The maximum Gasteiger partial charge on any atom is 0.316 e. The van der Waals surface area contributed by atoms with E-state index in [1.807, 2.05) is 13.0 Å². The van der Waals surface area contributed by atoms with Gasteiger partial charge >= 0.3 is 5.97 Å². The van der Waals surface area contributed by atoms with Gasteiger partial charge in [0.05, 0.1) is 34.2 Å². The molecular formula is C26H23ClN2O5. The molecular weight excluding hydrogens is 456 g/mol. The van der Waals surface area contributed by atoms with Crippen LogP contribution in [0.15, 0.2) is 60.2 Å². The molecule has 0 aromatic heterocycles. The van der Waals surface area contributed by atoms with Crippen molar-refractivity contribution >= 4 is 46.7 Å². The first-order valence-corrected chi connectivity index (χ1v) is 11.6. The van der Waals surface area contributed by atoms with Gasteiger partial charge in [-0.15, -0.1) is 0 Å². The predicted molar refractivity (Wildman–Crippen MR) is 126 cm³/mol. The molecule has 0 bridgehead atoms. The fourth-order valence-electron chi connectivity index (χ4n) is 4.95. The van der Waals surface area contributed by atoms with Crippen LogP contribution < -0.4 is 14.5 Å². The van der Waals surface area contributed by atoms with Crippen LogP contribution in [0.5, 0.6) is 5.75 Å². The van der Waals surface area contributed by atoms with Gasteiger partial charge in [0.15, 0.2) is 0 Å². The van der Waals surface area contributed by atoms with Crippen LogP contribution in [-0.2, 0) is 19.2 Å². The van der Waals surface area contributed by atoms with Gasteiger partial charge in [-0.2, -0.15) is 0 Å². The molecule has 0 N–H and O–H groups in total. The van der Waals surface area contributed by atoms with Gasteiger partial charge in [0.2, 0.25) is 17.7 Å². The zero-order valence-electron chi connectivity index (χ0n) is 18.6. The van der Waals surface area contributed by atoms with Crippen LogP contribution >= 0.6 is 11.6 Å². The lowest BCUT2D eigenvalue weighted by atomic mass is 9.82. The Labute approximate surface area is 201 Å². The van der Waals surface area contributed by atoms with E-state index >= 15 is 0 Å². The van der Waals surface area contributed by atoms with Gasteiger partial charge in [-0.1, -0.05) is 41.4 Å². The number of carbonyl (C=O) groups is 4. The first-order chi connectivity index (χ1) is 16.3. The molecule has 1 aliphatic carbocycles. The van der Waals surface area contributed by atoms with Crippen molar-refractivity contribution in [2.75, 3.05) is 16.3 Å². The molecule has 0 radical (unpaired) electrons. The first-order valence-electron chi connectivity index (χ1n) is 11.2. The minimum absolute atomic E-state index is 0.0164. The maximum atomic E-state index is 13.0. The van der Waals surface area contributed by atoms with Crippen molar-refractivity contribution in [2.24, 2.45) is 17.8 Å². The van der Waals surface area contributed by atoms with Crippen LogP contribution in [0.4, 0.5) is 11.4 Å². The van der Waals surface area contributed by atoms with E-state index in [9.17, 15) is 19.2 Å². The van der Waals surface area contributed by atoms with E-state index in [4.69, 9.17) is 16.3 Å². The molecule has 0 saturated carbocycles. The number of carbonyl (C=O) groups excluding carboxylic acids is 4. The molecule has 3 atom stereocenters. The fourth-order valence-corrected chi connectivity index (χ4v) is 5.18. The summed E-state index contributed by atoms with van der Waals surface area (Å²) in [4.78, 5) is 54.0. The van der Waals surface area contributed by atoms with E-state index in [0.717, 1.165) is 5.57 Å². The van der Waals surface area contributed by atoms with Gasteiger partial charge in [-0.25, -0.2) is 4.90 Å². The van der Waals surface area contributed by atoms with Crippen molar-refractivity contribution in [3.05, 3.63) is 65.2 Å². The molecule has 2 fully saturated rings. The van der Waals surface area contributed by atoms with E-state index in [2.05, 4.69) is 0 Å². The number of imide groups is 1. The third kappa shape index (κ3) is 3.90. The van der Waals surface area contributed by atoms with Crippen LogP contribution in [-0.4, -0.2) is 30.2 Å². The average Bonchev–Trinajstić information content (AvgIpc) is 3.31. The van der Waals surface area contributed by atoms with Crippen LogP contribution in [0.2, 0.25) is 5.02 Å². The fraction of sp³-hybridized carbons (Fsp3) is 0.308. The van der Waals surface area contributed by atoms with E-state index in [-0.39, 0.29) is 48.3 Å². The van der Waals surface area contributed by atoms with E-state index in [1.54, 1.807) is 42.5 Å². The highest BCUT2D eigenvalue weighted by atomic mass is 35.5. The van der Waals surface area contributed by atoms with Gasteiger partial charge in [0.1, 0.15) is 5.75 Å². The number of hydrogen-bond acceptors (Lipinski definition) is 5. The van der Waals surface area contributed by atoms with Crippen molar-refractivity contribution in [1.29, 1.82) is 0 Å². The average molecular weight is 479 g/mol. The van der Waals surface area contributed by atoms with E-state index in [0.29, 0.717) is 29.2 Å². The van der Waals surface area contributed by atoms with Crippen molar-refractivity contribution in [2.45, 2.75) is 26.2 Å². The number of fused-ring (bicyclic) bond motifs is 1. The predicted octanol–water partition coefficient (Wildman–Crippen LogP) is 4.14. The maximum absolute atomic E-state index is 13.0. The number of ether oxygens (including phenoxy) is 1. The number of amides is 3. The van der Waals surface area contributed by atoms with Gasteiger partial charge in [0, 0.05) is 19.0 Å². The Kier molecular flexibility index (Phi) is 5.73. The smallest absolute Gasteiger partial charge is 0.316 e. The largest absolute Gasteiger partial charge is 0.426 e. The SMILES string of the molecule is CC1=CC[C@@H]2C(=O)N(c3cccc(OC(=O)[C@@H]4CC(=O)N(c5ccccc5Cl)C4)c3)C(=O)[C@H]2C1. The third-order valence-electron chi connectivity index (χ3n) is 6.72. The van der Waals surface area contributed by atoms with Crippen LogP contribution in [0.25, 0.3) is 0 Å². The summed E-state index contributed by atoms with van der Waals surface area (Å²) in [5, 5.41) is 0.434. The van der Waals surface area contributed by atoms with Gasteiger partial charge in [-0.3, -0.25) is 19.2 Å². The number of para-hydroxylation sites is 1. The Morgan fingerprint density at radius 3 is 2.56 bits per heavy atom. The lowest BCUT2D eigenvalue weighted by molar-refractivity contribution is -0.139. The zero-order chi connectivity index (χ0) is 24.0. The minimum Gasteiger partial charge on any atom is -0.426 e. The Morgan fingerprint density at radius 1 is 1.00 bits per heavy atom. The molecule has 2 aromatic rings. The molecule has 0 unspecified atom stereocenters. The number of esters is 1. The second-order valence-electron chi connectivity index (χ2n) is 8.99. The summed E-state index contributed by atoms with van der Waals surface area (Å²) in [6.07, 6.45) is 3.17. The number of hydrogen-bond donors (Lipinski definition) is 0. The molecule has 0 spiro atoms. The lowest BCUT2D eigenvalue weighted by Crippen LogP contribution is -2.31. The van der Waals surface area contributed by atoms with Crippen molar-refractivity contribution in [3.63, 3.8) is 0 Å². The van der Waals surface area contributed by atoms with Crippen molar-refractivity contribution in [3.8, 4) is 5.75 Å². The molecule has 8 heteroatoms. The Bertz CT molecular complexity index is 1240. The van der Waals surface area contributed by atoms with E-state index in [1.165, 1.54) is 15.9 Å². The highest BCUT2D eigenvalue weighted by molar-refractivity contribution is 6.34. The molecule has 2 saturated heterocycles. The molecule has 174 valence electrons. The topological polar surface area (TPSA) is 84.0 Å². The third-order valence-corrected chi connectivity index (χ3v) is 7.04. The zero-order valence-corrected chi connectivity index (χ0v) is 19.3. The molecule has 2 aliphatic heterocycles. The summed E-state index contributed by atoms with van der Waals surface area (Å²) in [7, 11) is 0. The normalized spacial score (nSPS) is 24.4. The van der Waals surface area contributed by atoms with Gasteiger partial charge < -0.3 is 9.64 Å². The first kappa shape index (κ1) is 22.3. The van der Waals surface area contributed by atoms with Crippen LogP contribution in [0, 0.1) is 17.8 Å². The van der Waals surface area contributed by atoms with Gasteiger partial charge in [-0.05, 0) is 44.0 Å². The van der Waals surface area contributed by atoms with Crippen LogP contribution in [0.1, 0.15) is 26.2 Å². The highest BCUT2D eigenvalue weighted by Crippen LogP contribution is 2.40. The minimum atomic E-state index is -0.653. The number of nitrogens with zero attached hydrogens (tertiary/aromatic N) is 2. The van der Waals surface area contributed by atoms with Crippen molar-refractivity contribution in [1.82, 2.24) is 0 Å². The monoisotopic (exact) mass is 478 g/mol. The van der Waals surface area contributed by atoms with Crippen molar-refractivity contribution < 1.29 is 23.9 Å². The number of allylic oxidation sites excluding steroid dienone is 2. The second kappa shape index (κ2) is 8.72. The second-order valence-corrected chi connectivity index (χ2v) is 9.40. The lowest BCUT2D eigenvalue weighted by Gasteiger charge is -2.19.